The molecule has 1 amide bonds. The van der Waals surface area contributed by atoms with E-state index in [4.69, 9.17) is 29.6 Å². The molecule has 0 bridgehead atoms. The van der Waals surface area contributed by atoms with Crippen LogP contribution in [-0.2, 0) is 31.0 Å². The molecule has 9 heteroatoms. The maximum Gasteiger partial charge on any atom is 0.217 e. The van der Waals surface area contributed by atoms with Crippen LogP contribution in [-0.4, -0.2) is 27.3 Å². The van der Waals surface area contributed by atoms with Gasteiger partial charge in [0.1, 0.15) is 12.4 Å². The first-order valence-corrected chi connectivity index (χ1v) is 9.01. The summed E-state index contributed by atoms with van der Waals surface area (Å²) in [6.45, 7) is 4.26. The van der Waals surface area contributed by atoms with E-state index in [1.807, 2.05) is 28.3 Å². The molecule has 2 rings (SSSR count). The van der Waals surface area contributed by atoms with Gasteiger partial charge in [-0.15, -0.1) is 11.3 Å². The van der Waals surface area contributed by atoms with Gasteiger partial charge < -0.3 is 15.2 Å². The molecule has 0 aliphatic carbocycles. The van der Waals surface area contributed by atoms with Crippen LogP contribution in [0.5, 0.6) is 0 Å². The van der Waals surface area contributed by atoms with E-state index in [9.17, 15) is 4.79 Å². The lowest BCUT2D eigenvalue weighted by atomic mass is 10.3. The second-order valence-corrected chi connectivity index (χ2v) is 7.57. The summed E-state index contributed by atoms with van der Waals surface area (Å²) in [7, 11) is 2.09. The van der Waals surface area contributed by atoms with Gasteiger partial charge in [0, 0.05) is 19.4 Å². The molecular weight excluding hydrogens is 354 g/mol. The molecule has 0 radical (unpaired) electrons. The number of nitrogens with two attached hydrogens (primary N) is 1. The molecule has 6 nitrogen and oxygen atoms in total. The maximum absolute atomic E-state index is 11.0. The summed E-state index contributed by atoms with van der Waals surface area (Å²) in [5, 5.41) is 4.56. The van der Waals surface area contributed by atoms with E-state index in [0.717, 1.165) is 23.3 Å². The van der Waals surface area contributed by atoms with Gasteiger partial charge >= 0.3 is 0 Å². The Kier molecular flexibility index (Phi) is 6.34. The molecule has 1 unspecified atom stereocenters. The fraction of sp³-hybridized carbons (Fsp3) is 0.500. The predicted octanol–water partition coefficient (Wildman–Crippen LogP) is 1.24. The lowest BCUT2D eigenvalue weighted by Crippen LogP contribution is -3.06. The molecule has 2 heterocycles. The average Bonchev–Trinajstić information content (AvgIpc) is 3.01. The molecule has 23 heavy (non-hydrogen) atoms. The number of halogens is 1. The number of hydrogen-bond acceptors (Lipinski definition) is 4. The Morgan fingerprint density at radius 3 is 2.83 bits per heavy atom. The van der Waals surface area contributed by atoms with Crippen molar-refractivity contribution in [3.05, 3.63) is 31.9 Å². The van der Waals surface area contributed by atoms with E-state index in [0.29, 0.717) is 17.9 Å². The Labute approximate surface area is 149 Å². The molecule has 0 aliphatic rings. The van der Waals surface area contributed by atoms with E-state index in [-0.39, 0.29) is 12.3 Å². The number of amides is 1. The van der Waals surface area contributed by atoms with Crippen molar-refractivity contribution in [3.8, 4) is 0 Å². The monoisotopic (exact) mass is 374 g/mol. The van der Waals surface area contributed by atoms with E-state index >= 15 is 0 Å². The zero-order chi connectivity index (χ0) is 17.0. The van der Waals surface area contributed by atoms with E-state index in [1.165, 1.54) is 9.78 Å². The number of hydrogen-bond donors (Lipinski definition) is 2. The number of quaternary nitrogens is 1. The van der Waals surface area contributed by atoms with Gasteiger partial charge in [0.05, 0.1) is 16.3 Å². The number of nitrogens with one attached hydrogen (secondary N) is 1. The second kappa shape index (κ2) is 8.05. The highest BCUT2D eigenvalue weighted by molar-refractivity contribution is 7.71. The first-order chi connectivity index (χ1) is 10.9. The summed E-state index contributed by atoms with van der Waals surface area (Å²) in [4.78, 5) is 13.5. The molecule has 0 aliphatic heterocycles. The van der Waals surface area contributed by atoms with Crippen LogP contribution in [0.4, 0.5) is 0 Å². The molecule has 3 N–H and O–H groups in total. The first-order valence-electron chi connectivity index (χ1n) is 7.41. The number of aromatic nitrogens is 3. The van der Waals surface area contributed by atoms with Crippen molar-refractivity contribution in [1.82, 2.24) is 14.3 Å². The number of primary amides is 1. The number of thiophene rings is 1. The van der Waals surface area contributed by atoms with Crippen LogP contribution in [0, 0.1) is 4.77 Å². The van der Waals surface area contributed by atoms with Gasteiger partial charge in [-0.1, -0.05) is 11.6 Å². The third-order valence-corrected chi connectivity index (χ3v) is 5.10. The van der Waals surface area contributed by atoms with Gasteiger partial charge in [-0.25, -0.2) is 0 Å². The molecule has 0 spiro atoms. The highest BCUT2D eigenvalue weighted by Crippen LogP contribution is 2.20. The third kappa shape index (κ3) is 4.87. The SMILES string of the molecule is CCn1c(CCC(N)=O)nn(C[NH+](C)Cc2ccc(Cl)s2)c1=S. The molecule has 2 aromatic heterocycles. The van der Waals surface area contributed by atoms with Crippen LogP contribution in [0.3, 0.4) is 0 Å². The minimum Gasteiger partial charge on any atom is -0.370 e. The zero-order valence-electron chi connectivity index (χ0n) is 13.2. The number of nitrogens with zero attached hydrogens (tertiary/aromatic N) is 3. The van der Waals surface area contributed by atoms with Crippen LogP contribution in [0.15, 0.2) is 12.1 Å². The molecule has 0 fully saturated rings. The molecule has 0 aromatic carbocycles. The fourth-order valence-corrected chi connectivity index (χ4v) is 3.92. The fourth-order valence-electron chi connectivity index (χ4n) is 2.38. The van der Waals surface area contributed by atoms with Gasteiger partial charge in [-0.3, -0.25) is 4.79 Å². The van der Waals surface area contributed by atoms with Crippen LogP contribution < -0.4 is 10.6 Å². The third-order valence-electron chi connectivity index (χ3n) is 3.44. The van der Waals surface area contributed by atoms with Crippen molar-refractivity contribution in [2.24, 2.45) is 5.73 Å². The van der Waals surface area contributed by atoms with E-state index in [1.54, 1.807) is 11.3 Å². The summed E-state index contributed by atoms with van der Waals surface area (Å²) in [6, 6.07) is 3.95. The van der Waals surface area contributed by atoms with Crippen LogP contribution in [0.1, 0.15) is 24.0 Å². The van der Waals surface area contributed by atoms with Crippen LogP contribution >= 0.6 is 35.2 Å². The Morgan fingerprint density at radius 2 is 2.26 bits per heavy atom. The summed E-state index contributed by atoms with van der Waals surface area (Å²) in [5.74, 6) is 0.480. The number of carbonyl (C=O) groups excluding carboxylic acids is 1. The number of rotatable bonds is 8. The molecule has 0 saturated carbocycles. The number of aryl methyl sites for hydroxylation is 1. The largest absolute Gasteiger partial charge is 0.370 e. The Bertz CT molecular complexity index is 736. The normalized spacial score (nSPS) is 12.5. The summed E-state index contributed by atoms with van der Waals surface area (Å²) in [5.41, 5.74) is 5.22. The second-order valence-electron chi connectivity index (χ2n) is 5.41. The molecule has 0 saturated heterocycles. The zero-order valence-corrected chi connectivity index (χ0v) is 15.6. The van der Waals surface area contributed by atoms with Gasteiger partial charge in [-0.05, 0) is 31.3 Å². The molecule has 126 valence electrons. The first kappa shape index (κ1) is 18.1. The lowest BCUT2D eigenvalue weighted by Gasteiger charge is -2.12. The Morgan fingerprint density at radius 1 is 1.52 bits per heavy atom. The molecule has 1 atom stereocenters. The highest BCUT2D eigenvalue weighted by atomic mass is 35.5. The standard InChI is InChI=1S/C14H20ClN5OS2/c1-3-19-13(7-6-12(16)21)17-20(14(19)22)9-18(2)8-10-4-5-11(15)23-10/h4-5H,3,6-9H2,1-2H3,(H2,16,21)/p+1. The number of carbonyl (C=O) groups is 1. The van der Waals surface area contributed by atoms with Gasteiger partial charge in [0.25, 0.3) is 0 Å². The molecular formula is C14H21ClN5OS2+. The Balaban J connectivity index is 2.09. The topological polar surface area (TPSA) is 70.3 Å². The predicted molar refractivity (Wildman–Crippen MR) is 94.2 cm³/mol. The highest BCUT2D eigenvalue weighted by Gasteiger charge is 2.14. The van der Waals surface area contributed by atoms with Crippen molar-refractivity contribution in [3.63, 3.8) is 0 Å². The van der Waals surface area contributed by atoms with Crippen LogP contribution in [0.25, 0.3) is 0 Å². The van der Waals surface area contributed by atoms with E-state index in [2.05, 4.69) is 12.1 Å². The summed E-state index contributed by atoms with van der Waals surface area (Å²) in [6.07, 6.45) is 0.793. The lowest BCUT2D eigenvalue weighted by molar-refractivity contribution is -0.917. The van der Waals surface area contributed by atoms with Gasteiger partial charge in [-0.2, -0.15) is 9.78 Å². The minimum atomic E-state index is -0.328. The van der Waals surface area contributed by atoms with Crippen molar-refractivity contribution >= 4 is 41.1 Å². The van der Waals surface area contributed by atoms with Gasteiger partial charge in [0.15, 0.2) is 6.67 Å². The van der Waals surface area contributed by atoms with E-state index < -0.39 is 0 Å². The summed E-state index contributed by atoms with van der Waals surface area (Å²) < 4.78 is 5.25. The minimum absolute atomic E-state index is 0.280. The molecule has 2 aromatic rings. The summed E-state index contributed by atoms with van der Waals surface area (Å²) >= 11 is 13.0. The van der Waals surface area contributed by atoms with Crippen molar-refractivity contribution in [2.45, 2.75) is 39.5 Å². The average molecular weight is 375 g/mol. The van der Waals surface area contributed by atoms with Crippen LogP contribution in [0.2, 0.25) is 4.34 Å². The van der Waals surface area contributed by atoms with Gasteiger partial charge in [0.2, 0.25) is 10.7 Å². The quantitative estimate of drug-likeness (QED) is 0.683. The van der Waals surface area contributed by atoms with Crippen molar-refractivity contribution in [1.29, 1.82) is 0 Å². The van der Waals surface area contributed by atoms with Crippen molar-refractivity contribution < 1.29 is 9.69 Å². The smallest absolute Gasteiger partial charge is 0.217 e. The van der Waals surface area contributed by atoms with Crippen molar-refractivity contribution in [2.75, 3.05) is 7.05 Å². The Hall–Kier alpha value is -1.22. The maximum atomic E-state index is 11.0.